The van der Waals surface area contributed by atoms with Gasteiger partial charge in [0.05, 0.1) is 0 Å². The van der Waals surface area contributed by atoms with Crippen LogP contribution in [0.15, 0.2) is 0 Å². The van der Waals surface area contributed by atoms with Crippen molar-refractivity contribution in [2.45, 2.75) is 52.9 Å². The Morgan fingerprint density at radius 3 is 2.20 bits per heavy atom. The van der Waals surface area contributed by atoms with E-state index >= 15 is 0 Å². The Balaban J connectivity index is 3.74. The molecule has 0 fully saturated rings. The second-order valence-corrected chi connectivity index (χ2v) is 4.94. The Labute approximate surface area is 95.3 Å². The van der Waals surface area contributed by atoms with Crippen LogP contribution in [0, 0.1) is 30.1 Å². The highest BCUT2D eigenvalue weighted by Gasteiger charge is 2.14. The van der Waals surface area contributed by atoms with E-state index in [0.29, 0.717) is 11.8 Å². The van der Waals surface area contributed by atoms with Crippen molar-refractivity contribution in [3.8, 4) is 12.3 Å². The summed E-state index contributed by atoms with van der Waals surface area (Å²) in [5.74, 6) is 4.60. The van der Waals surface area contributed by atoms with E-state index in [2.05, 4.69) is 26.7 Å². The molecule has 0 aromatic rings. The minimum Gasteiger partial charge on any atom is -0.396 e. The Bertz CT molecular complexity index is 178. The van der Waals surface area contributed by atoms with Crippen molar-refractivity contribution >= 4 is 0 Å². The van der Waals surface area contributed by atoms with Crippen LogP contribution < -0.4 is 0 Å². The molecule has 0 aromatic carbocycles. The molecule has 0 amide bonds. The maximum Gasteiger partial charge on any atom is 0.0431 e. The molecular formula is C14H26O. The second kappa shape index (κ2) is 8.80. The molecule has 0 rings (SSSR count). The molecule has 88 valence electrons. The summed E-state index contributed by atoms with van der Waals surface area (Å²) in [5, 5.41) is 8.77. The van der Waals surface area contributed by atoms with Crippen LogP contribution in [0.3, 0.4) is 0 Å². The van der Waals surface area contributed by atoms with Crippen molar-refractivity contribution in [1.29, 1.82) is 0 Å². The quantitative estimate of drug-likeness (QED) is 0.608. The molecule has 0 saturated heterocycles. The first-order chi connectivity index (χ1) is 7.11. The molecule has 0 aliphatic carbocycles. The van der Waals surface area contributed by atoms with Gasteiger partial charge in [-0.2, -0.15) is 0 Å². The average molecular weight is 210 g/mol. The molecule has 0 aromatic heterocycles. The van der Waals surface area contributed by atoms with Crippen molar-refractivity contribution < 1.29 is 5.11 Å². The third-order valence-electron chi connectivity index (χ3n) is 3.02. The van der Waals surface area contributed by atoms with Gasteiger partial charge >= 0.3 is 0 Å². The fourth-order valence-corrected chi connectivity index (χ4v) is 1.89. The molecule has 1 nitrogen and oxygen atoms in total. The van der Waals surface area contributed by atoms with Crippen LogP contribution >= 0.6 is 0 Å². The lowest BCUT2D eigenvalue weighted by molar-refractivity contribution is 0.264. The van der Waals surface area contributed by atoms with Gasteiger partial charge < -0.3 is 5.11 Å². The molecule has 0 radical (unpaired) electrons. The molecule has 0 spiro atoms. The number of terminal acetylenes is 1. The number of rotatable bonds is 8. The fraction of sp³-hybridized carbons (Fsp3) is 0.857. The van der Waals surface area contributed by atoms with E-state index in [4.69, 9.17) is 11.5 Å². The van der Waals surface area contributed by atoms with Crippen molar-refractivity contribution in [3.05, 3.63) is 0 Å². The van der Waals surface area contributed by atoms with Crippen LogP contribution in [0.5, 0.6) is 0 Å². The van der Waals surface area contributed by atoms with Crippen LogP contribution in [0.25, 0.3) is 0 Å². The smallest absolute Gasteiger partial charge is 0.0431 e. The first-order valence-electron chi connectivity index (χ1n) is 6.18. The molecule has 0 saturated carbocycles. The number of hydrogen-bond acceptors (Lipinski definition) is 1. The molecule has 15 heavy (non-hydrogen) atoms. The van der Waals surface area contributed by atoms with Crippen LogP contribution in [0.2, 0.25) is 0 Å². The highest BCUT2D eigenvalue weighted by molar-refractivity contribution is 4.95. The molecule has 0 aliphatic rings. The Kier molecular flexibility index (Phi) is 8.52. The number of aliphatic hydroxyl groups is 1. The summed E-state index contributed by atoms with van der Waals surface area (Å²) < 4.78 is 0. The summed E-state index contributed by atoms with van der Waals surface area (Å²) in [6, 6.07) is 0. The van der Waals surface area contributed by atoms with Crippen molar-refractivity contribution in [3.63, 3.8) is 0 Å². The van der Waals surface area contributed by atoms with E-state index < -0.39 is 0 Å². The monoisotopic (exact) mass is 210 g/mol. The first-order valence-corrected chi connectivity index (χ1v) is 6.18. The summed E-state index contributed by atoms with van der Waals surface area (Å²) in [5.41, 5.74) is 0. The minimum atomic E-state index is 0.261. The van der Waals surface area contributed by atoms with Gasteiger partial charge in [0.1, 0.15) is 0 Å². The van der Waals surface area contributed by atoms with E-state index in [1.54, 1.807) is 0 Å². The fourth-order valence-electron chi connectivity index (χ4n) is 1.89. The lowest BCUT2D eigenvalue weighted by Crippen LogP contribution is -2.10. The number of aliphatic hydroxyl groups excluding tert-OH is 1. The molecule has 2 atom stereocenters. The van der Waals surface area contributed by atoms with Gasteiger partial charge in [-0.15, -0.1) is 12.3 Å². The lowest BCUT2D eigenvalue weighted by atomic mass is 9.86. The minimum absolute atomic E-state index is 0.261. The van der Waals surface area contributed by atoms with Gasteiger partial charge in [-0.25, -0.2) is 0 Å². The predicted octanol–water partition coefficient (Wildman–Crippen LogP) is 3.47. The van der Waals surface area contributed by atoms with Crippen LogP contribution in [0.1, 0.15) is 52.9 Å². The largest absolute Gasteiger partial charge is 0.396 e. The molecule has 0 aliphatic heterocycles. The van der Waals surface area contributed by atoms with Gasteiger partial charge in [-0.3, -0.25) is 0 Å². The van der Waals surface area contributed by atoms with E-state index in [1.165, 1.54) is 19.3 Å². The molecule has 0 bridgehead atoms. The van der Waals surface area contributed by atoms with Crippen molar-refractivity contribution in [2.75, 3.05) is 6.61 Å². The normalized spacial score (nSPS) is 14.9. The zero-order valence-electron chi connectivity index (χ0n) is 10.5. The lowest BCUT2D eigenvalue weighted by Gasteiger charge is -2.19. The number of hydrogen-bond donors (Lipinski definition) is 1. The van der Waals surface area contributed by atoms with Crippen molar-refractivity contribution in [2.24, 2.45) is 17.8 Å². The summed E-state index contributed by atoms with van der Waals surface area (Å²) in [4.78, 5) is 0. The Morgan fingerprint density at radius 2 is 1.73 bits per heavy atom. The van der Waals surface area contributed by atoms with Crippen LogP contribution in [0.4, 0.5) is 0 Å². The van der Waals surface area contributed by atoms with Crippen LogP contribution in [-0.2, 0) is 0 Å². The molecule has 1 N–H and O–H groups in total. The standard InChI is InChI=1S/C14H26O/c1-5-14(10-7-11-15)13(4)9-6-8-12(2)3/h1,12-15H,6-11H2,2-4H3/t13-,14-/m1/s1. The van der Waals surface area contributed by atoms with Gasteiger partial charge in [0, 0.05) is 12.5 Å². The zero-order valence-corrected chi connectivity index (χ0v) is 10.5. The van der Waals surface area contributed by atoms with E-state index in [9.17, 15) is 0 Å². The highest BCUT2D eigenvalue weighted by Crippen LogP contribution is 2.22. The van der Waals surface area contributed by atoms with Gasteiger partial charge in [0.2, 0.25) is 0 Å². The third-order valence-corrected chi connectivity index (χ3v) is 3.02. The molecular weight excluding hydrogens is 184 g/mol. The van der Waals surface area contributed by atoms with E-state index in [-0.39, 0.29) is 6.61 Å². The molecule has 0 heterocycles. The Morgan fingerprint density at radius 1 is 1.07 bits per heavy atom. The zero-order chi connectivity index (χ0) is 11.7. The maximum atomic E-state index is 8.77. The second-order valence-electron chi connectivity index (χ2n) is 4.94. The summed E-state index contributed by atoms with van der Waals surface area (Å²) in [7, 11) is 0. The maximum absolute atomic E-state index is 8.77. The Hall–Kier alpha value is -0.480. The first kappa shape index (κ1) is 14.5. The SMILES string of the molecule is C#C[C@H](CCCO)[C@H](C)CCCC(C)C. The third kappa shape index (κ3) is 7.45. The summed E-state index contributed by atoms with van der Waals surface area (Å²) in [6.07, 6.45) is 11.1. The van der Waals surface area contributed by atoms with E-state index in [1.807, 2.05) is 0 Å². The molecule has 0 unspecified atom stereocenters. The summed E-state index contributed by atoms with van der Waals surface area (Å²) in [6.45, 7) is 7.02. The molecule has 1 heteroatoms. The van der Waals surface area contributed by atoms with Gasteiger partial charge in [-0.05, 0) is 31.1 Å². The topological polar surface area (TPSA) is 20.2 Å². The predicted molar refractivity (Wildman–Crippen MR) is 66.5 cm³/mol. The van der Waals surface area contributed by atoms with Gasteiger partial charge in [0.25, 0.3) is 0 Å². The van der Waals surface area contributed by atoms with Gasteiger partial charge in [0.15, 0.2) is 0 Å². The van der Waals surface area contributed by atoms with Crippen LogP contribution in [-0.4, -0.2) is 11.7 Å². The van der Waals surface area contributed by atoms with Crippen molar-refractivity contribution in [1.82, 2.24) is 0 Å². The average Bonchev–Trinajstić information content (AvgIpc) is 2.18. The summed E-state index contributed by atoms with van der Waals surface area (Å²) >= 11 is 0. The van der Waals surface area contributed by atoms with E-state index in [0.717, 1.165) is 18.8 Å². The highest BCUT2D eigenvalue weighted by atomic mass is 16.2. The van der Waals surface area contributed by atoms with Gasteiger partial charge in [-0.1, -0.05) is 33.6 Å².